The van der Waals surface area contributed by atoms with Gasteiger partial charge in [0.2, 0.25) is 0 Å². The van der Waals surface area contributed by atoms with Crippen molar-refractivity contribution in [3.8, 4) is 0 Å². The second kappa shape index (κ2) is 9.51. The molecule has 1 aromatic carbocycles. The van der Waals surface area contributed by atoms with E-state index in [0.717, 1.165) is 0 Å². The summed E-state index contributed by atoms with van der Waals surface area (Å²) in [6.07, 6.45) is 5.82. The van der Waals surface area contributed by atoms with Crippen molar-refractivity contribution >= 4 is 19.2 Å². The van der Waals surface area contributed by atoms with Gasteiger partial charge in [0.25, 0.3) is 0 Å². The van der Waals surface area contributed by atoms with E-state index >= 15 is 0 Å². The Morgan fingerprint density at radius 3 is 1.10 bits per heavy atom. The number of benzene rings is 1. The molecule has 5 heteroatoms. The summed E-state index contributed by atoms with van der Waals surface area (Å²) >= 11 is 0. The highest BCUT2D eigenvalue weighted by atomic mass is 31.2. The molecule has 0 aliphatic carbocycles. The molecule has 0 amide bonds. The second-order valence-electron chi connectivity index (χ2n) is 4.79. The molecular formula is C16H26O4P+. The summed E-state index contributed by atoms with van der Waals surface area (Å²) in [4.78, 5) is 20.7. The molecule has 0 saturated carbocycles. The first-order chi connectivity index (χ1) is 9.85. The van der Waals surface area contributed by atoms with Gasteiger partial charge in [-0.25, -0.2) is 9.59 Å². The zero-order chi connectivity index (χ0) is 16.5. The van der Waals surface area contributed by atoms with Gasteiger partial charge in [0.05, 0.1) is 35.8 Å². The molecule has 0 bridgehead atoms. The standard InChI is InChI=1S/C8H6O4.C8H20P/c9-7(10)5-1-2-6(4-3-5)8(11)12;1-5-9(6-2,7-3)8-4/h1-4H,(H,9,10)(H,11,12);5-8H2,1-4H3/q;+1. The van der Waals surface area contributed by atoms with Crippen LogP contribution in [0.5, 0.6) is 0 Å². The number of carboxylic acid groups (broad SMARTS) is 2. The predicted octanol–water partition coefficient (Wildman–Crippen LogP) is 4.17. The van der Waals surface area contributed by atoms with E-state index in [4.69, 9.17) is 10.2 Å². The maximum atomic E-state index is 10.3. The minimum Gasteiger partial charge on any atom is -0.478 e. The van der Waals surface area contributed by atoms with Crippen LogP contribution in [0.1, 0.15) is 48.4 Å². The molecule has 4 nitrogen and oxygen atoms in total. The third-order valence-corrected chi connectivity index (χ3v) is 9.43. The van der Waals surface area contributed by atoms with E-state index in [1.807, 2.05) is 0 Å². The van der Waals surface area contributed by atoms with E-state index in [-0.39, 0.29) is 11.1 Å². The Morgan fingerprint density at radius 2 is 1.00 bits per heavy atom. The van der Waals surface area contributed by atoms with Crippen LogP contribution in [0.4, 0.5) is 0 Å². The fourth-order valence-electron chi connectivity index (χ4n) is 2.10. The van der Waals surface area contributed by atoms with Gasteiger partial charge in [-0.15, -0.1) is 0 Å². The van der Waals surface area contributed by atoms with E-state index in [1.54, 1.807) is 0 Å². The molecule has 118 valence electrons. The molecule has 0 aliphatic heterocycles. The number of hydrogen-bond donors (Lipinski definition) is 2. The van der Waals surface area contributed by atoms with Crippen LogP contribution in [0.3, 0.4) is 0 Å². The van der Waals surface area contributed by atoms with Gasteiger partial charge < -0.3 is 10.2 Å². The van der Waals surface area contributed by atoms with E-state index in [1.165, 1.54) is 48.9 Å². The van der Waals surface area contributed by atoms with Crippen LogP contribution in [0.15, 0.2) is 24.3 Å². The topological polar surface area (TPSA) is 74.6 Å². The van der Waals surface area contributed by atoms with Gasteiger partial charge >= 0.3 is 11.9 Å². The lowest BCUT2D eigenvalue weighted by Crippen LogP contribution is -2.04. The molecule has 1 aromatic rings. The Kier molecular flexibility index (Phi) is 8.87. The molecule has 0 fully saturated rings. The average Bonchev–Trinajstić information content (AvgIpc) is 2.51. The Bertz CT molecular complexity index is 399. The molecular weight excluding hydrogens is 287 g/mol. The highest BCUT2D eigenvalue weighted by Crippen LogP contribution is 2.57. The lowest BCUT2D eigenvalue weighted by molar-refractivity contribution is 0.0681. The summed E-state index contributed by atoms with van der Waals surface area (Å²) < 4.78 is 0. The van der Waals surface area contributed by atoms with Crippen molar-refractivity contribution in [2.45, 2.75) is 27.7 Å². The smallest absolute Gasteiger partial charge is 0.335 e. The lowest BCUT2D eigenvalue weighted by atomic mass is 10.1. The van der Waals surface area contributed by atoms with Crippen molar-refractivity contribution in [2.24, 2.45) is 0 Å². The third kappa shape index (κ3) is 6.26. The Morgan fingerprint density at radius 1 is 0.762 bits per heavy atom. The normalized spacial score (nSPS) is 10.5. The van der Waals surface area contributed by atoms with Crippen LogP contribution < -0.4 is 0 Å². The largest absolute Gasteiger partial charge is 0.478 e. The fourth-order valence-corrected chi connectivity index (χ4v) is 4.78. The Balaban J connectivity index is 0.000000400. The second-order valence-corrected chi connectivity index (χ2v) is 10.0. The number of carboxylic acids is 2. The zero-order valence-electron chi connectivity index (χ0n) is 13.3. The summed E-state index contributed by atoms with van der Waals surface area (Å²) in [6, 6.07) is 5.02. The van der Waals surface area contributed by atoms with Crippen molar-refractivity contribution in [1.82, 2.24) is 0 Å². The fraction of sp³-hybridized carbons (Fsp3) is 0.500. The SMILES string of the molecule is CC[P+](CC)(CC)CC.O=C(O)c1ccc(C(=O)O)cc1. The molecule has 0 radical (unpaired) electrons. The van der Waals surface area contributed by atoms with Gasteiger partial charge in [-0.05, 0) is 52.0 Å². The highest BCUT2D eigenvalue weighted by molar-refractivity contribution is 7.75. The van der Waals surface area contributed by atoms with E-state index in [9.17, 15) is 9.59 Å². The highest BCUT2D eigenvalue weighted by Gasteiger charge is 2.27. The average molecular weight is 313 g/mol. The number of carbonyl (C=O) groups is 2. The van der Waals surface area contributed by atoms with Gasteiger partial charge in [0.1, 0.15) is 0 Å². The van der Waals surface area contributed by atoms with Crippen molar-refractivity contribution in [3.63, 3.8) is 0 Å². The maximum Gasteiger partial charge on any atom is 0.335 e. The molecule has 0 heterocycles. The first-order valence-corrected chi connectivity index (χ1v) is 9.80. The van der Waals surface area contributed by atoms with Gasteiger partial charge in [-0.1, -0.05) is 0 Å². The molecule has 2 N–H and O–H groups in total. The van der Waals surface area contributed by atoms with Crippen LogP contribution in [-0.2, 0) is 0 Å². The molecule has 21 heavy (non-hydrogen) atoms. The van der Waals surface area contributed by atoms with Crippen LogP contribution in [-0.4, -0.2) is 46.8 Å². The molecule has 0 atom stereocenters. The molecule has 0 aromatic heterocycles. The van der Waals surface area contributed by atoms with Crippen molar-refractivity contribution in [2.75, 3.05) is 24.6 Å². The van der Waals surface area contributed by atoms with Crippen molar-refractivity contribution < 1.29 is 19.8 Å². The van der Waals surface area contributed by atoms with Crippen LogP contribution in [0.25, 0.3) is 0 Å². The zero-order valence-corrected chi connectivity index (χ0v) is 14.2. The van der Waals surface area contributed by atoms with Gasteiger partial charge in [0, 0.05) is 7.26 Å². The molecule has 0 unspecified atom stereocenters. The summed E-state index contributed by atoms with van der Waals surface area (Å²) in [6.45, 7) is 9.41. The summed E-state index contributed by atoms with van der Waals surface area (Å²) in [5, 5.41) is 16.9. The predicted molar refractivity (Wildman–Crippen MR) is 89.4 cm³/mol. The van der Waals surface area contributed by atoms with Crippen LogP contribution in [0, 0.1) is 0 Å². The summed E-state index contributed by atoms with van der Waals surface area (Å²) in [5.74, 6) is -2.13. The van der Waals surface area contributed by atoms with Gasteiger partial charge in [-0.2, -0.15) is 0 Å². The van der Waals surface area contributed by atoms with Gasteiger partial charge in [0.15, 0.2) is 0 Å². The summed E-state index contributed by atoms with van der Waals surface area (Å²) in [7, 11) is -0.420. The minimum absolute atomic E-state index is 0.0833. The Labute approximate surface area is 127 Å². The van der Waals surface area contributed by atoms with E-state index in [0.29, 0.717) is 0 Å². The van der Waals surface area contributed by atoms with Crippen molar-refractivity contribution in [3.05, 3.63) is 35.4 Å². The van der Waals surface area contributed by atoms with Crippen LogP contribution in [0.2, 0.25) is 0 Å². The van der Waals surface area contributed by atoms with Crippen LogP contribution >= 0.6 is 7.26 Å². The van der Waals surface area contributed by atoms with E-state index < -0.39 is 19.2 Å². The number of rotatable bonds is 6. The molecule has 0 saturated heterocycles. The quantitative estimate of drug-likeness (QED) is 0.773. The summed E-state index contributed by atoms with van der Waals surface area (Å²) in [5.41, 5.74) is 0.167. The Hall–Kier alpha value is -1.41. The van der Waals surface area contributed by atoms with Crippen molar-refractivity contribution in [1.29, 1.82) is 0 Å². The van der Waals surface area contributed by atoms with Gasteiger partial charge in [-0.3, -0.25) is 0 Å². The molecule has 0 spiro atoms. The lowest BCUT2D eigenvalue weighted by Gasteiger charge is -2.20. The monoisotopic (exact) mass is 313 g/mol. The minimum atomic E-state index is -1.06. The third-order valence-electron chi connectivity index (χ3n) is 4.06. The number of hydrogen-bond acceptors (Lipinski definition) is 2. The first-order valence-electron chi connectivity index (χ1n) is 7.27. The first kappa shape index (κ1) is 19.6. The maximum absolute atomic E-state index is 10.3. The molecule has 1 rings (SSSR count). The van der Waals surface area contributed by atoms with E-state index in [2.05, 4.69) is 27.7 Å². The molecule has 0 aliphatic rings. The number of aromatic carboxylic acids is 2.